The van der Waals surface area contributed by atoms with E-state index < -0.39 is 17.7 Å². The smallest absolute Gasteiger partial charge is 0.130 e. The van der Waals surface area contributed by atoms with Crippen molar-refractivity contribution in [3.63, 3.8) is 0 Å². The molecule has 0 radical (unpaired) electrons. The molecule has 0 unspecified atom stereocenters. The van der Waals surface area contributed by atoms with Gasteiger partial charge in [-0.3, -0.25) is 4.90 Å². The molecule has 1 N–H and O–H groups in total. The summed E-state index contributed by atoms with van der Waals surface area (Å²) in [6.45, 7) is 5.91. The van der Waals surface area contributed by atoms with E-state index in [2.05, 4.69) is 6.58 Å². The number of hydrogen-bond donors (Lipinski definition) is 1. The van der Waals surface area contributed by atoms with Crippen LogP contribution in [0.2, 0.25) is 0 Å². The molecule has 0 spiro atoms. The SMILES string of the molecule is C=CCOC[C@H](O)CN(CCCOC)Cc1ccc(F)cc1F. The lowest BCUT2D eigenvalue weighted by Crippen LogP contribution is -2.36. The third-order valence-corrected chi connectivity index (χ3v) is 3.25. The van der Waals surface area contributed by atoms with Gasteiger partial charge in [0.1, 0.15) is 11.6 Å². The lowest BCUT2D eigenvalue weighted by atomic mass is 10.1. The number of ether oxygens (including phenoxy) is 2. The second-order valence-corrected chi connectivity index (χ2v) is 5.30. The number of hydrogen-bond acceptors (Lipinski definition) is 4. The molecule has 1 rings (SSSR count). The molecular formula is C17H25F2NO3. The van der Waals surface area contributed by atoms with Crippen LogP contribution in [0, 0.1) is 11.6 Å². The van der Waals surface area contributed by atoms with Gasteiger partial charge in [0.25, 0.3) is 0 Å². The molecule has 130 valence electrons. The van der Waals surface area contributed by atoms with E-state index in [1.807, 2.05) is 4.90 Å². The highest BCUT2D eigenvalue weighted by atomic mass is 19.1. The van der Waals surface area contributed by atoms with Crippen molar-refractivity contribution in [3.05, 3.63) is 48.1 Å². The van der Waals surface area contributed by atoms with Gasteiger partial charge in [0.2, 0.25) is 0 Å². The van der Waals surface area contributed by atoms with Crippen LogP contribution in [0.5, 0.6) is 0 Å². The molecule has 1 atom stereocenters. The first-order chi connectivity index (χ1) is 11.1. The number of aliphatic hydroxyl groups excluding tert-OH is 1. The molecule has 0 saturated carbocycles. The Balaban J connectivity index is 2.61. The minimum absolute atomic E-state index is 0.179. The molecule has 0 heterocycles. The number of halogens is 2. The van der Waals surface area contributed by atoms with Crippen molar-refractivity contribution in [1.29, 1.82) is 0 Å². The van der Waals surface area contributed by atoms with Gasteiger partial charge in [0.05, 0.1) is 19.3 Å². The molecule has 1 aromatic rings. The summed E-state index contributed by atoms with van der Waals surface area (Å²) >= 11 is 0. The van der Waals surface area contributed by atoms with Gasteiger partial charge < -0.3 is 14.6 Å². The Morgan fingerprint density at radius 3 is 2.83 bits per heavy atom. The van der Waals surface area contributed by atoms with Crippen LogP contribution in [0.15, 0.2) is 30.9 Å². The number of nitrogens with zero attached hydrogens (tertiary/aromatic N) is 1. The van der Waals surface area contributed by atoms with Crippen molar-refractivity contribution in [2.75, 3.05) is 40.0 Å². The second-order valence-electron chi connectivity index (χ2n) is 5.30. The summed E-state index contributed by atoms with van der Waals surface area (Å²) in [6.07, 6.45) is 1.66. The van der Waals surface area contributed by atoms with Gasteiger partial charge >= 0.3 is 0 Å². The zero-order valence-corrected chi connectivity index (χ0v) is 13.5. The fourth-order valence-corrected chi connectivity index (χ4v) is 2.20. The molecule has 0 bridgehead atoms. The highest BCUT2D eigenvalue weighted by molar-refractivity contribution is 5.18. The van der Waals surface area contributed by atoms with Crippen LogP contribution < -0.4 is 0 Å². The average molecular weight is 329 g/mol. The molecule has 0 aliphatic heterocycles. The fourth-order valence-electron chi connectivity index (χ4n) is 2.20. The summed E-state index contributed by atoms with van der Waals surface area (Å²) in [5.74, 6) is -1.19. The van der Waals surface area contributed by atoms with E-state index in [9.17, 15) is 13.9 Å². The summed E-state index contributed by atoms with van der Waals surface area (Å²) < 4.78 is 37.0. The lowest BCUT2D eigenvalue weighted by molar-refractivity contribution is 0.0227. The van der Waals surface area contributed by atoms with E-state index in [-0.39, 0.29) is 13.2 Å². The zero-order chi connectivity index (χ0) is 17.1. The van der Waals surface area contributed by atoms with E-state index >= 15 is 0 Å². The van der Waals surface area contributed by atoms with Gasteiger partial charge in [-0.2, -0.15) is 0 Å². The Bertz CT molecular complexity index is 471. The normalized spacial score (nSPS) is 12.6. The number of benzene rings is 1. The first kappa shape index (κ1) is 19.7. The largest absolute Gasteiger partial charge is 0.389 e. The van der Waals surface area contributed by atoms with Gasteiger partial charge in [-0.1, -0.05) is 12.1 Å². The Hall–Kier alpha value is -1.34. The minimum Gasteiger partial charge on any atom is -0.389 e. The first-order valence-corrected chi connectivity index (χ1v) is 7.58. The Morgan fingerprint density at radius 2 is 2.17 bits per heavy atom. The van der Waals surface area contributed by atoms with E-state index in [4.69, 9.17) is 9.47 Å². The molecule has 23 heavy (non-hydrogen) atoms. The molecule has 0 saturated heterocycles. The molecule has 0 amide bonds. The highest BCUT2D eigenvalue weighted by Crippen LogP contribution is 2.13. The third-order valence-electron chi connectivity index (χ3n) is 3.25. The van der Waals surface area contributed by atoms with Gasteiger partial charge in [-0.15, -0.1) is 6.58 Å². The quantitative estimate of drug-likeness (QED) is 0.472. The second kappa shape index (κ2) is 11.2. The van der Waals surface area contributed by atoms with Gasteiger partial charge in [-0.05, 0) is 12.5 Å². The third kappa shape index (κ3) is 8.18. The van der Waals surface area contributed by atoms with Crippen molar-refractivity contribution < 1.29 is 23.4 Å². The summed E-state index contributed by atoms with van der Waals surface area (Å²) in [4.78, 5) is 1.90. The molecule has 4 nitrogen and oxygen atoms in total. The number of rotatable bonds is 12. The van der Waals surface area contributed by atoms with Crippen LogP contribution >= 0.6 is 0 Å². The van der Waals surface area contributed by atoms with Crippen LogP contribution in [0.1, 0.15) is 12.0 Å². The Morgan fingerprint density at radius 1 is 1.39 bits per heavy atom. The fraction of sp³-hybridized carbons (Fsp3) is 0.529. The van der Waals surface area contributed by atoms with Crippen LogP contribution in [-0.4, -0.2) is 56.1 Å². The van der Waals surface area contributed by atoms with Crippen molar-refractivity contribution in [3.8, 4) is 0 Å². The predicted molar refractivity (Wildman–Crippen MR) is 85.2 cm³/mol. The van der Waals surface area contributed by atoms with E-state index in [1.165, 1.54) is 12.1 Å². The molecular weight excluding hydrogens is 304 g/mol. The maximum absolute atomic E-state index is 13.8. The van der Waals surface area contributed by atoms with Crippen molar-refractivity contribution in [2.45, 2.75) is 19.1 Å². The maximum Gasteiger partial charge on any atom is 0.130 e. The summed E-state index contributed by atoms with van der Waals surface area (Å²) in [6, 6.07) is 3.52. The highest BCUT2D eigenvalue weighted by Gasteiger charge is 2.14. The molecule has 1 aromatic carbocycles. The number of aliphatic hydroxyl groups is 1. The molecule has 0 aromatic heterocycles. The first-order valence-electron chi connectivity index (χ1n) is 7.58. The average Bonchev–Trinajstić information content (AvgIpc) is 2.50. The van der Waals surface area contributed by atoms with Crippen LogP contribution in [0.25, 0.3) is 0 Å². The van der Waals surface area contributed by atoms with Crippen LogP contribution in [0.3, 0.4) is 0 Å². The molecule has 6 heteroatoms. The minimum atomic E-state index is -0.694. The molecule has 0 fully saturated rings. The van der Waals surface area contributed by atoms with Gasteiger partial charge in [0, 0.05) is 45.0 Å². The van der Waals surface area contributed by atoms with Crippen LogP contribution in [-0.2, 0) is 16.0 Å². The lowest BCUT2D eigenvalue weighted by Gasteiger charge is -2.25. The summed E-state index contributed by atoms with van der Waals surface area (Å²) in [5.41, 5.74) is 0.392. The van der Waals surface area contributed by atoms with Crippen LogP contribution in [0.4, 0.5) is 8.78 Å². The zero-order valence-electron chi connectivity index (χ0n) is 13.5. The predicted octanol–water partition coefficient (Wildman–Crippen LogP) is 2.37. The Kier molecular flexibility index (Phi) is 9.63. The van der Waals surface area contributed by atoms with Crippen molar-refractivity contribution in [1.82, 2.24) is 4.90 Å². The van der Waals surface area contributed by atoms with Crippen molar-refractivity contribution in [2.24, 2.45) is 0 Å². The van der Waals surface area contributed by atoms with Gasteiger partial charge in [0.15, 0.2) is 0 Å². The van der Waals surface area contributed by atoms with E-state index in [1.54, 1.807) is 13.2 Å². The monoisotopic (exact) mass is 329 g/mol. The summed E-state index contributed by atoms with van der Waals surface area (Å²) in [5, 5.41) is 10.0. The van der Waals surface area contributed by atoms with Crippen molar-refractivity contribution >= 4 is 0 Å². The van der Waals surface area contributed by atoms with Gasteiger partial charge in [-0.25, -0.2) is 8.78 Å². The number of methoxy groups -OCH3 is 1. The topological polar surface area (TPSA) is 41.9 Å². The standard InChI is InChI=1S/C17H25F2NO3/c1-3-8-23-13-16(21)12-20(7-4-9-22-2)11-14-5-6-15(18)10-17(14)19/h3,5-6,10,16,21H,1,4,7-9,11-13H2,2H3/t16-/m1/s1. The summed E-state index contributed by atoms with van der Waals surface area (Å²) in [7, 11) is 1.61. The molecule has 0 aliphatic carbocycles. The molecule has 0 aliphatic rings. The van der Waals surface area contributed by atoms with E-state index in [0.29, 0.717) is 31.9 Å². The maximum atomic E-state index is 13.8. The van der Waals surface area contributed by atoms with E-state index in [0.717, 1.165) is 12.5 Å². The Labute approximate surface area is 136 Å².